The van der Waals surface area contributed by atoms with Crippen molar-refractivity contribution in [2.45, 2.75) is 0 Å². The third kappa shape index (κ3) is 4.15. The Labute approximate surface area is 311 Å². The summed E-state index contributed by atoms with van der Waals surface area (Å²) in [5.74, 6) is 0.687. The molecule has 0 atom stereocenters. The highest BCUT2D eigenvalue weighted by Crippen LogP contribution is 2.48. The van der Waals surface area contributed by atoms with Gasteiger partial charge in [-0.3, -0.25) is 4.57 Å². The number of para-hydroxylation sites is 1. The summed E-state index contributed by atoms with van der Waals surface area (Å²) >= 11 is 3.63. The molecule has 0 aliphatic carbocycles. The Morgan fingerprint density at radius 2 is 1.02 bits per heavy atom. The number of benzene rings is 8. The first kappa shape index (κ1) is 29.2. The van der Waals surface area contributed by atoms with Crippen LogP contribution < -0.4 is 0 Å². The van der Waals surface area contributed by atoms with E-state index < -0.39 is 0 Å². The van der Waals surface area contributed by atoms with Gasteiger partial charge in [-0.05, 0) is 40.1 Å². The molecule has 3 nitrogen and oxygen atoms in total. The highest BCUT2D eigenvalue weighted by atomic mass is 32.1. The number of thiophene rings is 2. The molecule has 5 heteroatoms. The molecule has 12 rings (SSSR count). The molecule has 4 heterocycles. The van der Waals surface area contributed by atoms with E-state index in [1.807, 2.05) is 11.3 Å². The van der Waals surface area contributed by atoms with Crippen LogP contribution in [0.5, 0.6) is 0 Å². The Balaban J connectivity index is 1.18. The second kappa shape index (κ2) is 11.1. The molecule has 53 heavy (non-hydrogen) atoms. The first-order valence-electron chi connectivity index (χ1n) is 17.8. The van der Waals surface area contributed by atoms with Gasteiger partial charge in [-0.2, -0.15) is 0 Å². The van der Waals surface area contributed by atoms with Crippen LogP contribution in [0.15, 0.2) is 164 Å². The molecule has 12 aromatic rings. The molecule has 0 unspecified atom stereocenters. The van der Waals surface area contributed by atoms with Gasteiger partial charge in [0.2, 0.25) is 5.95 Å². The summed E-state index contributed by atoms with van der Waals surface area (Å²) in [6.07, 6.45) is 0. The second-order valence-corrected chi connectivity index (χ2v) is 15.8. The van der Waals surface area contributed by atoms with Crippen LogP contribution in [-0.2, 0) is 0 Å². The van der Waals surface area contributed by atoms with Crippen molar-refractivity contribution in [2.24, 2.45) is 0 Å². The summed E-state index contributed by atoms with van der Waals surface area (Å²) in [6.45, 7) is 0. The highest BCUT2D eigenvalue weighted by molar-refractivity contribution is 7.27. The third-order valence-corrected chi connectivity index (χ3v) is 13.1. The summed E-state index contributed by atoms with van der Waals surface area (Å²) in [7, 11) is 0. The number of rotatable bonds is 3. The molecule has 0 bridgehead atoms. The maximum atomic E-state index is 5.59. The van der Waals surface area contributed by atoms with Gasteiger partial charge in [-0.25, -0.2) is 9.97 Å². The topological polar surface area (TPSA) is 30.7 Å². The van der Waals surface area contributed by atoms with Crippen molar-refractivity contribution in [2.75, 3.05) is 0 Å². The lowest BCUT2D eigenvalue weighted by atomic mass is 9.96. The van der Waals surface area contributed by atoms with E-state index in [2.05, 4.69) is 168 Å². The first-order valence-corrected chi connectivity index (χ1v) is 19.5. The Hall–Kier alpha value is -6.40. The van der Waals surface area contributed by atoms with Crippen LogP contribution in [0.2, 0.25) is 0 Å². The summed E-state index contributed by atoms with van der Waals surface area (Å²) in [5, 5.41) is 12.3. The Morgan fingerprint density at radius 1 is 0.415 bits per heavy atom. The summed E-state index contributed by atoms with van der Waals surface area (Å²) < 4.78 is 6.16. The van der Waals surface area contributed by atoms with Gasteiger partial charge in [0.05, 0.1) is 16.7 Å². The molecule has 0 aliphatic heterocycles. The number of hydrogen-bond acceptors (Lipinski definition) is 4. The smallest absolute Gasteiger partial charge is 0.236 e. The predicted octanol–water partition coefficient (Wildman–Crippen LogP) is 13.9. The minimum Gasteiger partial charge on any atom is -0.277 e. The van der Waals surface area contributed by atoms with Crippen molar-refractivity contribution in [1.29, 1.82) is 0 Å². The fraction of sp³-hybridized carbons (Fsp3) is 0. The second-order valence-electron chi connectivity index (χ2n) is 13.7. The Bertz CT molecular complexity index is 3450. The van der Waals surface area contributed by atoms with Gasteiger partial charge in [-0.15, -0.1) is 22.7 Å². The van der Waals surface area contributed by atoms with Gasteiger partial charge in [0.25, 0.3) is 0 Å². The predicted molar refractivity (Wildman–Crippen MR) is 228 cm³/mol. The normalized spacial score (nSPS) is 12.2. The van der Waals surface area contributed by atoms with Gasteiger partial charge in [-0.1, -0.05) is 146 Å². The molecule has 4 aromatic heterocycles. The molecule has 0 amide bonds. The van der Waals surface area contributed by atoms with E-state index in [1.54, 1.807) is 11.3 Å². The van der Waals surface area contributed by atoms with E-state index in [9.17, 15) is 0 Å². The van der Waals surface area contributed by atoms with Crippen LogP contribution in [0, 0.1) is 0 Å². The maximum Gasteiger partial charge on any atom is 0.236 e. The Morgan fingerprint density at radius 3 is 1.83 bits per heavy atom. The average Bonchev–Trinajstić information content (AvgIpc) is 3.90. The van der Waals surface area contributed by atoms with Gasteiger partial charge < -0.3 is 0 Å². The minimum absolute atomic E-state index is 0.687. The molecule has 0 radical (unpaired) electrons. The number of aromatic nitrogens is 3. The molecule has 8 aromatic carbocycles. The van der Waals surface area contributed by atoms with E-state index >= 15 is 0 Å². The van der Waals surface area contributed by atoms with Crippen molar-refractivity contribution in [3.63, 3.8) is 0 Å². The fourth-order valence-electron chi connectivity index (χ4n) is 8.53. The van der Waals surface area contributed by atoms with Gasteiger partial charge in [0, 0.05) is 62.8 Å². The molecular weight excluding hydrogens is 683 g/mol. The van der Waals surface area contributed by atoms with Crippen LogP contribution in [0.1, 0.15) is 0 Å². The molecule has 0 N–H and O–H groups in total. The van der Waals surface area contributed by atoms with Gasteiger partial charge >= 0.3 is 0 Å². The van der Waals surface area contributed by atoms with Crippen molar-refractivity contribution < 1.29 is 0 Å². The van der Waals surface area contributed by atoms with Crippen molar-refractivity contribution in [3.8, 4) is 28.3 Å². The lowest BCUT2D eigenvalue weighted by molar-refractivity contribution is 1.02. The van der Waals surface area contributed by atoms with E-state index in [0.717, 1.165) is 32.5 Å². The molecule has 0 aliphatic rings. The Kier molecular flexibility index (Phi) is 6.09. The summed E-state index contributed by atoms with van der Waals surface area (Å²) in [4.78, 5) is 12.0. The summed E-state index contributed by atoms with van der Waals surface area (Å²) in [5.41, 5.74) is 6.69. The van der Waals surface area contributed by atoms with Crippen LogP contribution >= 0.6 is 22.7 Å². The lowest BCUT2D eigenvalue weighted by Gasteiger charge is -2.12. The zero-order valence-electron chi connectivity index (χ0n) is 28.2. The van der Waals surface area contributed by atoms with Crippen molar-refractivity contribution >= 4 is 106 Å². The molecular formula is C48H27N3S2. The fourth-order valence-corrected chi connectivity index (χ4v) is 10.9. The van der Waals surface area contributed by atoms with Crippen LogP contribution in [0.4, 0.5) is 0 Å². The summed E-state index contributed by atoms with van der Waals surface area (Å²) in [6, 6.07) is 59.2. The molecule has 0 spiro atoms. The van der Waals surface area contributed by atoms with Gasteiger partial charge in [0.15, 0.2) is 0 Å². The lowest BCUT2D eigenvalue weighted by Crippen LogP contribution is -2.03. The molecule has 246 valence electrons. The van der Waals surface area contributed by atoms with Gasteiger partial charge in [0.1, 0.15) is 4.83 Å². The number of fused-ring (bicyclic) bond motifs is 14. The standard InChI is InChI=1S/C48H27N3S2/c1-2-14-31-28(12-1)13-11-20-32(31)29-24-26-30(27-25-29)44-43-37-19-7-10-23-40(37)53-47(43)50-48(49-44)51-38-21-8-5-17-35(38)41-42-36-18-6-9-22-39(36)52-46(42)34-16-4-3-15-33(34)45(41)51/h1-27H. The maximum absolute atomic E-state index is 5.59. The van der Waals surface area contributed by atoms with E-state index in [4.69, 9.17) is 9.97 Å². The number of hydrogen-bond donors (Lipinski definition) is 0. The zero-order valence-corrected chi connectivity index (χ0v) is 29.9. The zero-order chi connectivity index (χ0) is 34.6. The van der Waals surface area contributed by atoms with E-state index in [1.165, 1.54) is 73.7 Å². The van der Waals surface area contributed by atoms with E-state index in [-0.39, 0.29) is 0 Å². The number of nitrogens with zero attached hydrogens (tertiary/aromatic N) is 3. The SMILES string of the molecule is c1ccc2c(-c3ccc(-c4nc(-n5c6ccccc6c6c7c8ccccc8sc7c7ccccc7c65)nc5sc6ccccc6c45)cc3)cccc2c1. The highest BCUT2D eigenvalue weighted by Gasteiger charge is 2.24. The molecule has 0 saturated carbocycles. The third-order valence-electron chi connectivity index (χ3n) is 10.8. The van der Waals surface area contributed by atoms with Crippen molar-refractivity contribution in [3.05, 3.63) is 164 Å². The van der Waals surface area contributed by atoms with Crippen LogP contribution in [-0.4, -0.2) is 14.5 Å². The molecule has 0 saturated heterocycles. The van der Waals surface area contributed by atoms with E-state index in [0.29, 0.717) is 5.95 Å². The van der Waals surface area contributed by atoms with Crippen LogP contribution in [0.25, 0.3) is 112 Å². The quantitative estimate of drug-likeness (QED) is 0.183. The first-order chi connectivity index (χ1) is 26.3. The van der Waals surface area contributed by atoms with Crippen LogP contribution in [0.3, 0.4) is 0 Å². The van der Waals surface area contributed by atoms with Crippen molar-refractivity contribution in [1.82, 2.24) is 14.5 Å². The average molecular weight is 710 g/mol. The largest absolute Gasteiger partial charge is 0.277 e. The monoisotopic (exact) mass is 709 g/mol. The minimum atomic E-state index is 0.687. The molecule has 0 fully saturated rings.